The SMILES string of the molecule is CNC(=O)C1(C)CCN(C(=O)N(CC(=O)O)CC(C)C)C1. The predicted octanol–water partition coefficient (Wildman–Crippen LogP) is 0.607. The molecule has 1 saturated heterocycles. The van der Waals surface area contributed by atoms with Gasteiger partial charge in [0, 0.05) is 26.7 Å². The summed E-state index contributed by atoms with van der Waals surface area (Å²) < 4.78 is 0. The van der Waals surface area contributed by atoms with Crippen LogP contribution in [0.25, 0.3) is 0 Å². The van der Waals surface area contributed by atoms with Crippen LogP contribution in [0.3, 0.4) is 0 Å². The van der Waals surface area contributed by atoms with E-state index in [4.69, 9.17) is 5.11 Å². The van der Waals surface area contributed by atoms with Crippen LogP contribution in [0.15, 0.2) is 0 Å². The Bertz CT molecular complexity index is 424. The Labute approximate surface area is 125 Å². The van der Waals surface area contributed by atoms with Crippen molar-refractivity contribution in [2.75, 3.05) is 33.2 Å². The second kappa shape index (κ2) is 6.78. The second-order valence-corrected chi connectivity index (χ2v) is 6.26. The number of hydrogen-bond donors (Lipinski definition) is 2. The van der Waals surface area contributed by atoms with Crippen LogP contribution < -0.4 is 5.32 Å². The summed E-state index contributed by atoms with van der Waals surface area (Å²) in [5.41, 5.74) is -0.600. The topological polar surface area (TPSA) is 90.0 Å². The van der Waals surface area contributed by atoms with Crippen molar-refractivity contribution in [3.8, 4) is 0 Å². The van der Waals surface area contributed by atoms with E-state index in [0.717, 1.165) is 0 Å². The van der Waals surface area contributed by atoms with Crippen molar-refractivity contribution in [2.24, 2.45) is 11.3 Å². The summed E-state index contributed by atoms with van der Waals surface area (Å²) in [7, 11) is 1.58. The molecule has 1 unspecified atom stereocenters. The number of nitrogens with zero attached hydrogens (tertiary/aromatic N) is 2. The Balaban J connectivity index is 2.77. The summed E-state index contributed by atoms with van der Waals surface area (Å²) in [5.74, 6) is -0.940. The van der Waals surface area contributed by atoms with Gasteiger partial charge >= 0.3 is 12.0 Å². The fourth-order valence-corrected chi connectivity index (χ4v) is 2.63. The van der Waals surface area contributed by atoms with E-state index < -0.39 is 11.4 Å². The normalized spacial score (nSPS) is 21.5. The van der Waals surface area contributed by atoms with Crippen LogP contribution in [0, 0.1) is 11.3 Å². The van der Waals surface area contributed by atoms with Gasteiger partial charge in [0.25, 0.3) is 0 Å². The molecule has 0 radical (unpaired) electrons. The maximum absolute atomic E-state index is 12.5. The Morgan fingerprint density at radius 1 is 1.38 bits per heavy atom. The van der Waals surface area contributed by atoms with Gasteiger partial charge in [-0.15, -0.1) is 0 Å². The third-order valence-electron chi connectivity index (χ3n) is 3.70. The van der Waals surface area contributed by atoms with Crippen molar-refractivity contribution in [3.05, 3.63) is 0 Å². The van der Waals surface area contributed by atoms with Gasteiger partial charge < -0.3 is 20.2 Å². The number of hydrogen-bond acceptors (Lipinski definition) is 3. The summed E-state index contributed by atoms with van der Waals surface area (Å²) in [6, 6.07) is -0.307. The van der Waals surface area contributed by atoms with E-state index in [1.807, 2.05) is 20.8 Å². The van der Waals surface area contributed by atoms with E-state index in [0.29, 0.717) is 26.1 Å². The Morgan fingerprint density at radius 3 is 2.48 bits per heavy atom. The van der Waals surface area contributed by atoms with E-state index >= 15 is 0 Å². The van der Waals surface area contributed by atoms with Crippen molar-refractivity contribution in [3.63, 3.8) is 0 Å². The van der Waals surface area contributed by atoms with Crippen LogP contribution >= 0.6 is 0 Å². The van der Waals surface area contributed by atoms with Gasteiger partial charge in [0.1, 0.15) is 6.54 Å². The molecule has 1 fully saturated rings. The van der Waals surface area contributed by atoms with Crippen LogP contribution in [0.5, 0.6) is 0 Å². The van der Waals surface area contributed by atoms with Gasteiger partial charge in [0.05, 0.1) is 5.41 Å². The number of nitrogens with one attached hydrogen (secondary N) is 1. The lowest BCUT2D eigenvalue weighted by Crippen LogP contribution is -2.47. The third-order valence-corrected chi connectivity index (χ3v) is 3.70. The zero-order chi connectivity index (χ0) is 16.2. The number of likely N-dealkylation sites (tertiary alicyclic amines) is 1. The molecule has 3 amide bonds. The van der Waals surface area contributed by atoms with E-state index in [9.17, 15) is 14.4 Å². The van der Waals surface area contributed by atoms with Crippen molar-refractivity contribution in [1.29, 1.82) is 0 Å². The molecule has 0 aromatic carbocycles. The zero-order valence-electron chi connectivity index (χ0n) is 13.2. The van der Waals surface area contributed by atoms with Gasteiger partial charge in [-0.1, -0.05) is 13.8 Å². The number of carbonyl (C=O) groups excluding carboxylic acids is 2. The van der Waals surface area contributed by atoms with Crippen molar-refractivity contribution < 1.29 is 19.5 Å². The molecule has 0 spiro atoms. The number of aliphatic carboxylic acids is 1. The first-order valence-corrected chi connectivity index (χ1v) is 7.17. The first-order chi connectivity index (χ1) is 9.69. The molecule has 0 bridgehead atoms. The highest BCUT2D eigenvalue weighted by atomic mass is 16.4. The molecule has 1 aliphatic rings. The number of carbonyl (C=O) groups is 3. The number of urea groups is 1. The lowest BCUT2D eigenvalue weighted by molar-refractivity contribution is -0.138. The lowest BCUT2D eigenvalue weighted by Gasteiger charge is -2.29. The maximum atomic E-state index is 12.5. The highest BCUT2D eigenvalue weighted by Gasteiger charge is 2.42. The van der Waals surface area contributed by atoms with E-state index in [2.05, 4.69) is 5.32 Å². The summed E-state index contributed by atoms with van der Waals surface area (Å²) in [6.07, 6.45) is 0.584. The molecule has 1 atom stereocenters. The molecule has 120 valence electrons. The van der Waals surface area contributed by atoms with E-state index in [-0.39, 0.29) is 24.4 Å². The molecular weight excluding hydrogens is 274 g/mol. The fraction of sp³-hybridized carbons (Fsp3) is 0.786. The van der Waals surface area contributed by atoms with Crippen molar-refractivity contribution in [1.82, 2.24) is 15.1 Å². The summed E-state index contributed by atoms with van der Waals surface area (Å²) in [5, 5.41) is 11.6. The minimum atomic E-state index is -1.03. The summed E-state index contributed by atoms with van der Waals surface area (Å²) in [6.45, 7) is 6.55. The predicted molar refractivity (Wildman–Crippen MR) is 77.8 cm³/mol. The number of rotatable bonds is 5. The molecule has 0 aromatic heterocycles. The lowest BCUT2D eigenvalue weighted by atomic mass is 9.89. The highest BCUT2D eigenvalue weighted by molar-refractivity contribution is 5.85. The van der Waals surface area contributed by atoms with Crippen molar-refractivity contribution >= 4 is 17.9 Å². The molecular formula is C14H25N3O4. The smallest absolute Gasteiger partial charge is 0.323 e. The number of carboxylic acid groups (broad SMARTS) is 1. The molecule has 7 nitrogen and oxygen atoms in total. The maximum Gasteiger partial charge on any atom is 0.323 e. The fourth-order valence-electron chi connectivity index (χ4n) is 2.63. The monoisotopic (exact) mass is 299 g/mol. The van der Waals surface area contributed by atoms with Crippen LogP contribution in [-0.2, 0) is 9.59 Å². The van der Waals surface area contributed by atoms with Gasteiger partial charge in [-0.25, -0.2) is 4.79 Å². The molecule has 2 N–H and O–H groups in total. The van der Waals surface area contributed by atoms with Gasteiger partial charge in [-0.2, -0.15) is 0 Å². The summed E-state index contributed by atoms with van der Waals surface area (Å²) >= 11 is 0. The average molecular weight is 299 g/mol. The zero-order valence-corrected chi connectivity index (χ0v) is 13.2. The number of carboxylic acids is 1. The Kier molecular flexibility index (Phi) is 5.57. The first-order valence-electron chi connectivity index (χ1n) is 7.17. The molecule has 21 heavy (non-hydrogen) atoms. The second-order valence-electron chi connectivity index (χ2n) is 6.26. The van der Waals surface area contributed by atoms with E-state index in [1.165, 1.54) is 4.90 Å². The van der Waals surface area contributed by atoms with Crippen LogP contribution in [0.1, 0.15) is 27.2 Å². The van der Waals surface area contributed by atoms with Crippen LogP contribution in [0.2, 0.25) is 0 Å². The molecule has 1 rings (SSSR count). The van der Waals surface area contributed by atoms with Crippen LogP contribution in [0.4, 0.5) is 4.79 Å². The molecule has 1 heterocycles. The summed E-state index contributed by atoms with van der Waals surface area (Å²) in [4.78, 5) is 38.2. The molecule has 0 saturated carbocycles. The van der Waals surface area contributed by atoms with Gasteiger partial charge in [0.15, 0.2) is 0 Å². The largest absolute Gasteiger partial charge is 0.480 e. The van der Waals surface area contributed by atoms with Gasteiger partial charge in [-0.3, -0.25) is 9.59 Å². The molecule has 1 aliphatic heterocycles. The Hall–Kier alpha value is -1.79. The highest BCUT2D eigenvalue weighted by Crippen LogP contribution is 2.30. The number of amides is 3. The first kappa shape index (κ1) is 17.3. The quantitative estimate of drug-likeness (QED) is 0.778. The minimum Gasteiger partial charge on any atom is -0.480 e. The average Bonchev–Trinajstić information content (AvgIpc) is 2.79. The molecule has 0 aliphatic carbocycles. The van der Waals surface area contributed by atoms with E-state index in [1.54, 1.807) is 11.9 Å². The Morgan fingerprint density at radius 2 is 2.00 bits per heavy atom. The van der Waals surface area contributed by atoms with Crippen molar-refractivity contribution in [2.45, 2.75) is 27.2 Å². The van der Waals surface area contributed by atoms with Gasteiger partial charge in [-0.05, 0) is 19.3 Å². The molecule has 0 aromatic rings. The minimum absolute atomic E-state index is 0.0913. The third kappa shape index (κ3) is 4.34. The van der Waals surface area contributed by atoms with Gasteiger partial charge in [0.2, 0.25) is 5.91 Å². The van der Waals surface area contributed by atoms with Crippen LogP contribution in [-0.4, -0.2) is 66.0 Å². The standard InChI is InChI=1S/C14H25N3O4/c1-10(2)7-17(8-11(18)19)13(21)16-6-5-14(3,9-16)12(20)15-4/h10H,5-9H2,1-4H3,(H,15,20)(H,18,19). The molecule has 7 heteroatoms.